The fraction of sp³-hybridized carbons (Fsp3) is 0.914. The second-order valence-corrected chi connectivity index (χ2v) is 13.9. The number of carbonyl (C=O) groups excluding carboxylic acids is 1. The topological polar surface area (TPSA) is 131 Å². The number of aliphatic hydroxyl groups is 1. The van der Waals surface area contributed by atoms with E-state index >= 15 is 0 Å². The van der Waals surface area contributed by atoms with Gasteiger partial charge in [-0.1, -0.05) is 142 Å². The van der Waals surface area contributed by atoms with E-state index < -0.39 is 20.0 Å². The number of unbranched alkanes of at least 4 members (excludes halogenated alkanes) is 20. The summed E-state index contributed by atoms with van der Waals surface area (Å²) in [4.78, 5) is 22.5. The van der Waals surface area contributed by atoms with Gasteiger partial charge >= 0.3 is 7.82 Å². The van der Waals surface area contributed by atoms with Crippen molar-refractivity contribution in [3.63, 3.8) is 0 Å². The van der Waals surface area contributed by atoms with Crippen LogP contribution in [0.15, 0.2) is 12.2 Å². The first-order valence-corrected chi connectivity index (χ1v) is 19.8. The van der Waals surface area contributed by atoms with Crippen LogP contribution in [0, 0.1) is 0 Å². The molecule has 0 saturated carbocycles. The van der Waals surface area contributed by atoms with Gasteiger partial charge in [-0.25, -0.2) is 4.57 Å². The highest BCUT2D eigenvalue weighted by molar-refractivity contribution is 7.47. The second kappa shape index (κ2) is 32.2. The Labute approximate surface area is 271 Å². The average molecular weight is 647 g/mol. The lowest BCUT2D eigenvalue weighted by Gasteiger charge is -2.25. The van der Waals surface area contributed by atoms with Gasteiger partial charge in [-0.3, -0.25) is 13.8 Å². The maximum absolute atomic E-state index is 12.6. The zero-order chi connectivity index (χ0) is 32.6. The van der Waals surface area contributed by atoms with Gasteiger partial charge < -0.3 is 21.1 Å². The number of amides is 1. The molecule has 262 valence electrons. The molecule has 44 heavy (non-hydrogen) atoms. The quantitative estimate of drug-likeness (QED) is 0.0311. The summed E-state index contributed by atoms with van der Waals surface area (Å²) >= 11 is 0. The highest BCUT2D eigenvalue weighted by Crippen LogP contribution is 2.43. The second-order valence-electron chi connectivity index (χ2n) is 12.4. The lowest BCUT2D eigenvalue weighted by molar-refractivity contribution is -0.123. The molecule has 0 aliphatic heterocycles. The van der Waals surface area contributed by atoms with Crippen LogP contribution in [0.5, 0.6) is 0 Å². The third-order valence-corrected chi connectivity index (χ3v) is 9.10. The Morgan fingerprint density at radius 1 is 0.727 bits per heavy atom. The van der Waals surface area contributed by atoms with Crippen molar-refractivity contribution in [2.24, 2.45) is 5.73 Å². The van der Waals surface area contributed by atoms with E-state index in [4.69, 9.17) is 14.8 Å². The number of carbonyl (C=O) groups is 1. The van der Waals surface area contributed by atoms with Crippen molar-refractivity contribution < 1.29 is 28.4 Å². The molecule has 1 amide bonds. The van der Waals surface area contributed by atoms with Crippen LogP contribution < -0.4 is 11.1 Å². The minimum atomic E-state index is -4.30. The molecule has 0 fully saturated rings. The van der Waals surface area contributed by atoms with E-state index in [-0.39, 0.29) is 25.7 Å². The van der Waals surface area contributed by atoms with Crippen LogP contribution in [0.3, 0.4) is 0 Å². The normalized spacial score (nSPS) is 14.6. The molecule has 0 rings (SSSR count). The van der Waals surface area contributed by atoms with Crippen molar-refractivity contribution in [2.75, 3.05) is 19.8 Å². The van der Waals surface area contributed by atoms with Gasteiger partial charge in [0.2, 0.25) is 5.91 Å². The first-order chi connectivity index (χ1) is 21.4. The maximum atomic E-state index is 12.6. The molecule has 0 aromatic carbocycles. The van der Waals surface area contributed by atoms with E-state index in [0.717, 1.165) is 38.5 Å². The molecule has 9 heteroatoms. The SMILES string of the molecule is CCCCCCCCC/C=C\CCCCCCCCCC(=O)NC(COP(=O)(O)OCCN)C(O)CCCCCCCCC. The standard InChI is InChI=1S/C35H71N2O6P/c1-3-5-7-9-11-12-13-14-15-16-17-18-19-20-21-23-25-27-29-35(39)37-33(32-43-44(40,41)42-31-30-36)34(38)28-26-24-22-10-8-6-4-2/h15-16,33-34,38H,3-14,17-32,36H2,1-2H3,(H,37,39)(H,40,41)/b16-15-. The zero-order valence-electron chi connectivity index (χ0n) is 28.7. The van der Waals surface area contributed by atoms with Crippen LogP contribution in [0.1, 0.15) is 174 Å². The van der Waals surface area contributed by atoms with Crippen molar-refractivity contribution in [2.45, 2.75) is 187 Å². The smallest absolute Gasteiger partial charge is 0.391 e. The predicted octanol–water partition coefficient (Wildman–Crippen LogP) is 9.27. The molecule has 3 unspecified atom stereocenters. The van der Waals surface area contributed by atoms with Crippen LogP contribution in [0.25, 0.3) is 0 Å². The molecular formula is C35H71N2O6P. The highest BCUT2D eigenvalue weighted by atomic mass is 31.2. The minimum Gasteiger partial charge on any atom is -0.391 e. The number of hydrogen-bond acceptors (Lipinski definition) is 6. The van der Waals surface area contributed by atoms with Crippen molar-refractivity contribution in [1.82, 2.24) is 5.32 Å². The van der Waals surface area contributed by atoms with Gasteiger partial charge in [0.05, 0.1) is 25.4 Å². The molecule has 0 saturated heterocycles. The summed E-state index contributed by atoms with van der Waals surface area (Å²) in [6, 6.07) is -0.769. The molecule has 0 radical (unpaired) electrons. The molecule has 5 N–H and O–H groups in total. The molecule has 0 spiro atoms. The number of nitrogens with one attached hydrogen (secondary N) is 1. The first kappa shape index (κ1) is 43.2. The molecule has 0 bridgehead atoms. The predicted molar refractivity (Wildman–Crippen MR) is 185 cm³/mol. The average Bonchev–Trinajstić information content (AvgIpc) is 3.01. The Bertz CT molecular complexity index is 709. The molecule has 0 aromatic rings. The molecule has 3 atom stereocenters. The van der Waals surface area contributed by atoms with Gasteiger partial charge in [-0.05, 0) is 38.5 Å². The zero-order valence-corrected chi connectivity index (χ0v) is 29.6. The number of rotatable bonds is 34. The fourth-order valence-corrected chi connectivity index (χ4v) is 6.07. The summed E-state index contributed by atoms with van der Waals surface area (Å²) in [7, 11) is -4.30. The van der Waals surface area contributed by atoms with Crippen molar-refractivity contribution in [1.29, 1.82) is 0 Å². The fourth-order valence-electron chi connectivity index (χ4n) is 5.31. The third kappa shape index (κ3) is 29.9. The van der Waals surface area contributed by atoms with Crippen LogP contribution in [-0.4, -0.2) is 47.8 Å². The maximum Gasteiger partial charge on any atom is 0.472 e. The van der Waals surface area contributed by atoms with Crippen molar-refractivity contribution >= 4 is 13.7 Å². The van der Waals surface area contributed by atoms with E-state index in [1.54, 1.807) is 0 Å². The van der Waals surface area contributed by atoms with E-state index in [0.29, 0.717) is 12.8 Å². The Kier molecular flexibility index (Phi) is 31.6. The van der Waals surface area contributed by atoms with Gasteiger partial charge in [0.25, 0.3) is 0 Å². The summed E-state index contributed by atoms with van der Waals surface area (Å²) in [5, 5.41) is 13.6. The lowest BCUT2D eigenvalue weighted by Crippen LogP contribution is -2.46. The van der Waals surface area contributed by atoms with Crippen molar-refractivity contribution in [3.8, 4) is 0 Å². The summed E-state index contributed by atoms with van der Waals surface area (Å²) in [6.07, 6.45) is 32.3. The number of phosphoric ester groups is 1. The third-order valence-electron chi connectivity index (χ3n) is 8.12. The van der Waals surface area contributed by atoms with Crippen LogP contribution in [-0.2, 0) is 18.4 Å². The van der Waals surface area contributed by atoms with Gasteiger partial charge in [-0.15, -0.1) is 0 Å². The Morgan fingerprint density at radius 2 is 1.18 bits per heavy atom. The number of hydrogen-bond donors (Lipinski definition) is 4. The summed E-state index contributed by atoms with van der Waals surface area (Å²) in [5.74, 6) is -0.170. The van der Waals surface area contributed by atoms with E-state index in [2.05, 4.69) is 31.3 Å². The van der Waals surface area contributed by atoms with Gasteiger partial charge in [0, 0.05) is 13.0 Å². The largest absolute Gasteiger partial charge is 0.472 e. The van der Waals surface area contributed by atoms with Gasteiger partial charge in [0.15, 0.2) is 0 Å². The van der Waals surface area contributed by atoms with E-state index in [1.807, 2.05) is 0 Å². The van der Waals surface area contributed by atoms with Crippen molar-refractivity contribution in [3.05, 3.63) is 12.2 Å². The summed E-state index contributed by atoms with van der Waals surface area (Å²) in [6.45, 7) is 4.14. The van der Waals surface area contributed by atoms with E-state index in [1.165, 1.54) is 109 Å². The first-order valence-electron chi connectivity index (χ1n) is 18.3. The number of phosphoric acid groups is 1. The Balaban J connectivity index is 4.11. The van der Waals surface area contributed by atoms with E-state index in [9.17, 15) is 19.4 Å². The molecule has 0 aliphatic rings. The molecule has 0 heterocycles. The minimum absolute atomic E-state index is 0.0890. The number of aliphatic hydroxyl groups excluding tert-OH is 1. The highest BCUT2D eigenvalue weighted by Gasteiger charge is 2.27. The molecule has 0 aromatic heterocycles. The number of nitrogens with two attached hydrogens (primary N) is 1. The van der Waals surface area contributed by atoms with Crippen LogP contribution >= 0.6 is 7.82 Å². The Morgan fingerprint density at radius 3 is 1.68 bits per heavy atom. The summed E-state index contributed by atoms with van der Waals surface area (Å²) < 4.78 is 22.0. The molecule has 0 aliphatic carbocycles. The lowest BCUT2D eigenvalue weighted by atomic mass is 10.0. The van der Waals surface area contributed by atoms with Crippen LogP contribution in [0.4, 0.5) is 0 Å². The Hall–Kier alpha value is -0.760. The van der Waals surface area contributed by atoms with Crippen LogP contribution in [0.2, 0.25) is 0 Å². The monoisotopic (exact) mass is 647 g/mol. The molecule has 8 nitrogen and oxygen atoms in total. The number of allylic oxidation sites excluding steroid dienone is 2. The summed E-state index contributed by atoms with van der Waals surface area (Å²) in [5.41, 5.74) is 5.34. The van der Waals surface area contributed by atoms with Gasteiger partial charge in [0.1, 0.15) is 0 Å². The van der Waals surface area contributed by atoms with Gasteiger partial charge in [-0.2, -0.15) is 0 Å². The molecular weight excluding hydrogens is 575 g/mol.